The normalized spacial score (nSPS) is 15.8. The fourth-order valence-electron chi connectivity index (χ4n) is 0.523. The Kier molecular flexibility index (Phi) is 1.94. The molecule has 1 heterocycles. The topological polar surface area (TPSA) is 56.8 Å². The van der Waals surface area contributed by atoms with E-state index in [1.54, 1.807) is 0 Å². The van der Waals surface area contributed by atoms with Crippen molar-refractivity contribution in [1.82, 2.24) is 0 Å². The average Bonchev–Trinajstić information content (AvgIpc) is 1.78. The van der Waals surface area contributed by atoms with Crippen molar-refractivity contribution in [3.8, 4) is 0 Å². The number of aliphatic imine (C=N–C) groups is 1. The lowest BCUT2D eigenvalue weighted by atomic mass is 9.93. The van der Waals surface area contributed by atoms with Gasteiger partial charge in [-0.25, -0.2) is 4.99 Å². The maximum Gasteiger partial charge on any atom is 0.597 e. The molecule has 2 N–H and O–H groups in total. The van der Waals surface area contributed by atoms with Crippen molar-refractivity contribution in [2.45, 2.75) is 6.82 Å². The highest BCUT2D eigenvalue weighted by Crippen LogP contribution is 2.04. The van der Waals surface area contributed by atoms with E-state index in [1.807, 2.05) is 6.82 Å². The lowest BCUT2D eigenvalue weighted by molar-refractivity contribution is 0.246. The Balaban J connectivity index is 2.14. The highest BCUT2D eigenvalue weighted by molar-refractivity contribution is 6.52. The van der Waals surface area contributed by atoms with E-state index in [1.165, 1.54) is 0 Å². The van der Waals surface area contributed by atoms with Gasteiger partial charge in [0.15, 0.2) is 0 Å². The molecule has 0 atom stereocenters. The highest BCUT2D eigenvalue weighted by Gasteiger charge is 2.30. The van der Waals surface area contributed by atoms with Crippen molar-refractivity contribution in [1.29, 1.82) is 0 Å². The average molecular weight is 128 g/mol. The standard InChI is InChI=1S/C4H9BN2O2/c1-5-8-4(9-5)7-3-2-6/h2-3,6H2,1H3. The fourth-order valence-corrected chi connectivity index (χ4v) is 0.523. The van der Waals surface area contributed by atoms with Crippen molar-refractivity contribution in [3.05, 3.63) is 0 Å². The van der Waals surface area contributed by atoms with Gasteiger partial charge in [0, 0.05) is 6.54 Å². The quantitative estimate of drug-likeness (QED) is 0.508. The van der Waals surface area contributed by atoms with E-state index in [2.05, 4.69) is 4.99 Å². The molecule has 0 bridgehead atoms. The maximum absolute atomic E-state index is 5.17. The molecule has 50 valence electrons. The SMILES string of the molecule is CB1OC(=NCCN)O1. The molecule has 0 unspecified atom stereocenters. The van der Waals surface area contributed by atoms with Crippen molar-refractivity contribution in [2.24, 2.45) is 10.7 Å². The van der Waals surface area contributed by atoms with Crippen LogP contribution in [0.1, 0.15) is 0 Å². The van der Waals surface area contributed by atoms with Gasteiger partial charge in [0.1, 0.15) is 0 Å². The van der Waals surface area contributed by atoms with Gasteiger partial charge < -0.3 is 15.0 Å². The van der Waals surface area contributed by atoms with E-state index in [9.17, 15) is 0 Å². The third-order valence-electron chi connectivity index (χ3n) is 0.904. The zero-order valence-corrected chi connectivity index (χ0v) is 5.33. The molecule has 0 aliphatic carbocycles. The predicted octanol–water partition coefficient (Wildman–Crippen LogP) is -0.534. The minimum absolute atomic E-state index is 0.124. The van der Waals surface area contributed by atoms with Crippen LogP contribution in [0.3, 0.4) is 0 Å². The molecule has 1 aliphatic heterocycles. The lowest BCUT2D eigenvalue weighted by Gasteiger charge is -2.22. The number of nitrogens with zero attached hydrogens (tertiary/aromatic N) is 1. The van der Waals surface area contributed by atoms with E-state index >= 15 is 0 Å². The Bertz CT molecular complexity index is 120. The first-order valence-electron chi connectivity index (χ1n) is 2.91. The number of nitrogens with two attached hydrogens (primary N) is 1. The van der Waals surface area contributed by atoms with Crippen molar-refractivity contribution >= 4 is 13.2 Å². The molecule has 0 aromatic rings. The second-order valence-electron chi connectivity index (χ2n) is 1.74. The van der Waals surface area contributed by atoms with Gasteiger partial charge >= 0.3 is 13.2 Å². The van der Waals surface area contributed by atoms with Crippen LogP contribution in [-0.4, -0.2) is 26.3 Å². The summed E-state index contributed by atoms with van der Waals surface area (Å²) in [5.74, 6) is 0. The molecule has 9 heavy (non-hydrogen) atoms. The van der Waals surface area contributed by atoms with Crippen LogP contribution in [0, 0.1) is 0 Å². The lowest BCUT2D eigenvalue weighted by Crippen LogP contribution is -2.39. The smallest absolute Gasteiger partial charge is 0.485 e. The predicted molar refractivity (Wildman–Crippen MR) is 35.1 cm³/mol. The summed E-state index contributed by atoms with van der Waals surface area (Å²) < 4.78 is 9.83. The molecular formula is C4H9BN2O2. The Morgan fingerprint density at radius 3 is 2.78 bits per heavy atom. The maximum atomic E-state index is 5.17. The summed E-state index contributed by atoms with van der Waals surface area (Å²) >= 11 is 0. The Morgan fingerprint density at radius 2 is 2.33 bits per heavy atom. The van der Waals surface area contributed by atoms with E-state index in [0.717, 1.165) is 0 Å². The minimum atomic E-state index is -0.124. The van der Waals surface area contributed by atoms with Crippen LogP contribution >= 0.6 is 0 Å². The van der Waals surface area contributed by atoms with Crippen molar-refractivity contribution in [3.63, 3.8) is 0 Å². The van der Waals surface area contributed by atoms with Crippen LogP contribution in [-0.2, 0) is 9.31 Å². The summed E-state index contributed by atoms with van der Waals surface area (Å²) in [5, 5.41) is 0. The molecule has 1 saturated heterocycles. The van der Waals surface area contributed by atoms with Crippen LogP contribution in [0.2, 0.25) is 6.82 Å². The Hall–Kier alpha value is -0.705. The molecule has 0 aromatic heterocycles. The van der Waals surface area contributed by atoms with Gasteiger partial charge in [-0.1, -0.05) is 0 Å². The third-order valence-corrected chi connectivity index (χ3v) is 0.904. The second-order valence-corrected chi connectivity index (χ2v) is 1.74. The van der Waals surface area contributed by atoms with Crippen LogP contribution in [0.4, 0.5) is 0 Å². The van der Waals surface area contributed by atoms with E-state index in [4.69, 9.17) is 15.0 Å². The summed E-state index contributed by atoms with van der Waals surface area (Å²) in [6.07, 6.45) is 0.368. The van der Waals surface area contributed by atoms with Gasteiger partial charge in [-0.3, -0.25) is 0 Å². The monoisotopic (exact) mass is 128 g/mol. The summed E-state index contributed by atoms with van der Waals surface area (Å²) in [7, 11) is -0.124. The Morgan fingerprint density at radius 1 is 1.67 bits per heavy atom. The van der Waals surface area contributed by atoms with Gasteiger partial charge in [-0.05, 0) is 6.82 Å². The second kappa shape index (κ2) is 2.73. The molecule has 5 heteroatoms. The van der Waals surface area contributed by atoms with Gasteiger partial charge in [0.05, 0.1) is 6.54 Å². The summed E-state index contributed by atoms with van der Waals surface area (Å²) in [4.78, 5) is 3.85. The molecule has 4 nitrogen and oxygen atoms in total. The minimum Gasteiger partial charge on any atom is -0.485 e. The zero-order valence-electron chi connectivity index (χ0n) is 5.33. The summed E-state index contributed by atoms with van der Waals surface area (Å²) in [5.41, 5.74) is 5.17. The van der Waals surface area contributed by atoms with Gasteiger partial charge in [-0.15, -0.1) is 0 Å². The van der Waals surface area contributed by atoms with Crippen molar-refractivity contribution in [2.75, 3.05) is 13.1 Å². The summed E-state index contributed by atoms with van der Waals surface area (Å²) in [6.45, 7) is 2.91. The molecule has 0 aromatic carbocycles. The number of hydrogen-bond acceptors (Lipinski definition) is 4. The molecule has 1 fully saturated rings. The zero-order chi connectivity index (χ0) is 6.69. The fraction of sp³-hybridized carbons (Fsp3) is 0.750. The van der Waals surface area contributed by atoms with E-state index in [-0.39, 0.29) is 7.12 Å². The van der Waals surface area contributed by atoms with Crippen molar-refractivity contribution < 1.29 is 9.31 Å². The highest BCUT2D eigenvalue weighted by atomic mass is 16.8. The van der Waals surface area contributed by atoms with Gasteiger partial charge in [0.2, 0.25) is 0 Å². The van der Waals surface area contributed by atoms with Gasteiger partial charge in [-0.2, -0.15) is 0 Å². The van der Waals surface area contributed by atoms with E-state index in [0.29, 0.717) is 19.2 Å². The first-order chi connectivity index (χ1) is 4.33. The van der Waals surface area contributed by atoms with Gasteiger partial charge in [0.25, 0.3) is 0 Å². The number of rotatable bonds is 2. The molecule has 0 amide bonds. The molecule has 1 aliphatic rings. The molecule has 0 radical (unpaired) electrons. The first-order valence-corrected chi connectivity index (χ1v) is 2.91. The number of hydrogen-bond donors (Lipinski definition) is 1. The molecule has 0 saturated carbocycles. The van der Waals surface area contributed by atoms with Crippen LogP contribution in [0.25, 0.3) is 0 Å². The first kappa shape index (κ1) is 6.42. The van der Waals surface area contributed by atoms with Crippen LogP contribution in [0.5, 0.6) is 0 Å². The molecule has 0 spiro atoms. The third kappa shape index (κ3) is 1.60. The largest absolute Gasteiger partial charge is 0.597 e. The molecular weight excluding hydrogens is 119 g/mol. The van der Waals surface area contributed by atoms with Crippen LogP contribution < -0.4 is 5.73 Å². The molecule has 1 rings (SSSR count). The summed E-state index contributed by atoms with van der Waals surface area (Å²) in [6, 6.07) is 0. The Labute approximate surface area is 54.2 Å². The van der Waals surface area contributed by atoms with E-state index < -0.39 is 0 Å². The van der Waals surface area contributed by atoms with Crippen LogP contribution in [0.15, 0.2) is 4.99 Å².